The zero-order valence-electron chi connectivity index (χ0n) is 9.84. The molecule has 9 heteroatoms. The van der Waals surface area contributed by atoms with E-state index >= 15 is 0 Å². The molecule has 0 aliphatic rings. The highest BCUT2D eigenvalue weighted by molar-refractivity contribution is 7.90. The van der Waals surface area contributed by atoms with Gasteiger partial charge in [0.1, 0.15) is 19.7 Å². The van der Waals surface area contributed by atoms with Crippen molar-refractivity contribution in [2.24, 2.45) is 5.73 Å². The molecule has 0 saturated carbocycles. The first-order chi connectivity index (χ1) is 7.51. The van der Waals surface area contributed by atoms with Gasteiger partial charge in [0.25, 0.3) is 0 Å². The molecule has 0 aliphatic heterocycles. The predicted octanol–water partition coefficient (Wildman–Crippen LogP) is -2.09. The molecule has 0 spiro atoms. The summed E-state index contributed by atoms with van der Waals surface area (Å²) in [4.78, 5) is 11.3. The average Bonchev–Trinajstić information content (AvgIpc) is 2.10. The van der Waals surface area contributed by atoms with Crippen LogP contribution in [0.2, 0.25) is 0 Å². The maximum atomic E-state index is 11.3. The number of nitrogens with two attached hydrogens (primary N) is 1. The van der Waals surface area contributed by atoms with E-state index in [4.69, 9.17) is 5.73 Å². The van der Waals surface area contributed by atoms with Crippen LogP contribution in [0.25, 0.3) is 0 Å². The van der Waals surface area contributed by atoms with E-state index < -0.39 is 31.6 Å². The van der Waals surface area contributed by atoms with Crippen molar-refractivity contribution in [2.45, 2.75) is 12.5 Å². The number of nitrogens with one attached hydrogen (secondary N) is 1. The first-order valence-corrected chi connectivity index (χ1v) is 9.02. The fourth-order valence-electron chi connectivity index (χ4n) is 0.963. The molecule has 0 aromatic carbocycles. The average molecular weight is 286 g/mol. The Balaban J connectivity index is 3.99. The fourth-order valence-corrected chi connectivity index (χ4v) is 2.12. The molecule has 102 valence electrons. The molecule has 1 unspecified atom stereocenters. The highest BCUT2D eigenvalue weighted by atomic mass is 32.2. The van der Waals surface area contributed by atoms with Gasteiger partial charge in [-0.15, -0.1) is 0 Å². The van der Waals surface area contributed by atoms with Crippen molar-refractivity contribution in [1.82, 2.24) is 5.32 Å². The highest BCUT2D eigenvalue weighted by Gasteiger charge is 2.15. The minimum absolute atomic E-state index is 0.0174. The summed E-state index contributed by atoms with van der Waals surface area (Å²) in [5.41, 5.74) is 5.45. The third-order valence-electron chi connectivity index (χ3n) is 1.91. The monoisotopic (exact) mass is 286 g/mol. The lowest BCUT2D eigenvalue weighted by Gasteiger charge is -2.11. The number of rotatable bonds is 7. The van der Waals surface area contributed by atoms with Crippen LogP contribution in [0.5, 0.6) is 0 Å². The summed E-state index contributed by atoms with van der Waals surface area (Å²) in [7, 11) is -6.28. The summed E-state index contributed by atoms with van der Waals surface area (Å²) >= 11 is 0. The van der Waals surface area contributed by atoms with Crippen molar-refractivity contribution >= 4 is 25.6 Å². The van der Waals surface area contributed by atoms with Gasteiger partial charge in [0.05, 0.1) is 17.5 Å². The van der Waals surface area contributed by atoms with E-state index in [9.17, 15) is 21.6 Å². The molecule has 7 nitrogen and oxygen atoms in total. The van der Waals surface area contributed by atoms with Crippen LogP contribution in [0.4, 0.5) is 0 Å². The van der Waals surface area contributed by atoms with Gasteiger partial charge in [-0.05, 0) is 6.42 Å². The highest BCUT2D eigenvalue weighted by Crippen LogP contribution is 1.94. The molecule has 1 atom stereocenters. The summed E-state index contributed by atoms with van der Waals surface area (Å²) in [5, 5.41) is 2.34. The van der Waals surface area contributed by atoms with Gasteiger partial charge < -0.3 is 11.1 Å². The quantitative estimate of drug-likeness (QED) is 0.553. The van der Waals surface area contributed by atoms with E-state index in [1.165, 1.54) is 0 Å². The van der Waals surface area contributed by atoms with Gasteiger partial charge in [0.15, 0.2) is 0 Å². The standard InChI is InChI=1S/C8H18N2O5S2/c1-16(12,13)5-3-7(9)8(11)10-4-6-17(2,14)15/h7H,3-6,9H2,1-2H3,(H,10,11). The Hall–Kier alpha value is -0.670. The van der Waals surface area contributed by atoms with E-state index in [0.717, 1.165) is 12.5 Å². The summed E-state index contributed by atoms with van der Waals surface area (Å²) < 4.78 is 43.2. The zero-order chi connectivity index (χ0) is 13.7. The molecular formula is C8H18N2O5S2. The smallest absolute Gasteiger partial charge is 0.236 e. The lowest BCUT2D eigenvalue weighted by Crippen LogP contribution is -2.43. The Morgan fingerprint density at radius 3 is 2.00 bits per heavy atom. The van der Waals surface area contributed by atoms with Crippen LogP contribution in [-0.4, -0.2) is 59.3 Å². The van der Waals surface area contributed by atoms with E-state index in [1.807, 2.05) is 0 Å². The SMILES string of the molecule is CS(=O)(=O)CCNC(=O)C(N)CCS(C)(=O)=O. The second-order valence-electron chi connectivity index (χ2n) is 3.95. The predicted molar refractivity (Wildman–Crippen MR) is 65.0 cm³/mol. The number of hydrogen-bond donors (Lipinski definition) is 2. The molecule has 0 saturated heterocycles. The first-order valence-electron chi connectivity index (χ1n) is 4.90. The van der Waals surface area contributed by atoms with Crippen molar-refractivity contribution in [3.63, 3.8) is 0 Å². The number of carbonyl (C=O) groups excluding carboxylic acids is 1. The Bertz CT molecular complexity index is 454. The van der Waals surface area contributed by atoms with Gasteiger partial charge in [-0.3, -0.25) is 4.79 Å². The van der Waals surface area contributed by atoms with Gasteiger partial charge in [-0.1, -0.05) is 0 Å². The van der Waals surface area contributed by atoms with Gasteiger partial charge in [-0.2, -0.15) is 0 Å². The lowest BCUT2D eigenvalue weighted by molar-refractivity contribution is -0.122. The molecule has 3 N–H and O–H groups in total. The largest absolute Gasteiger partial charge is 0.354 e. The molecule has 1 amide bonds. The number of hydrogen-bond acceptors (Lipinski definition) is 6. The van der Waals surface area contributed by atoms with Crippen molar-refractivity contribution in [3.05, 3.63) is 0 Å². The second kappa shape index (κ2) is 6.31. The molecule has 0 heterocycles. The molecule has 0 rings (SSSR count). The number of amides is 1. The number of sulfone groups is 2. The third-order valence-corrected chi connectivity index (χ3v) is 3.83. The van der Waals surface area contributed by atoms with E-state index in [-0.39, 0.29) is 24.5 Å². The first kappa shape index (κ1) is 16.3. The fraction of sp³-hybridized carbons (Fsp3) is 0.875. The van der Waals surface area contributed by atoms with Crippen LogP contribution in [-0.2, 0) is 24.5 Å². The summed E-state index contributed by atoms with van der Waals surface area (Å²) in [6.07, 6.45) is 2.13. The second-order valence-corrected chi connectivity index (χ2v) is 8.47. The molecule has 0 aromatic rings. The summed E-state index contributed by atoms with van der Waals surface area (Å²) in [6, 6.07) is -0.940. The Morgan fingerprint density at radius 1 is 1.12 bits per heavy atom. The van der Waals surface area contributed by atoms with Crippen molar-refractivity contribution in [3.8, 4) is 0 Å². The van der Waals surface area contributed by atoms with Gasteiger partial charge in [0, 0.05) is 19.1 Å². The van der Waals surface area contributed by atoms with Crippen molar-refractivity contribution in [2.75, 3.05) is 30.6 Å². The molecule has 0 radical (unpaired) electrons. The van der Waals surface area contributed by atoms with Crippen LogP contribution < -0.4 is 11.1 Å². The minimum Gasteiger partial charge on any atom is -0.354 e. The lowest BCUT2D eigenvalue weighted by atomic mass is 10.2. The Kier molecular flexibility index (Phi) is 6.06. The van der Waals surface area contributed by atoms with Gasteiger partial charge in [0.2, 0.25) is 5.91 Å². The maximum Gasteiger partial charge on any atom is 0.236 e. The van der Waals surface area contributed by atoms with E-state index in [2.05, 4.69) is 5.32 Å². The van der Waals surface area contributed by atoms with Crippen LogP contribution in [0.1, 0.15) is 6.42 Å². The number of carbonyl (C=O) groups is 1. The summed E-state index contributed by atoms with van der Waals surface area (Å²) in [5.74, 6) is -0.886. The normalized spacial score (nSPS) is 14.3. The molecule has 0 fully saturated rings. The molecule has 0 aromatic heterocycles. The maximum absolute atomic E-state index is 11.3. The van der Waals surface area contributed by atoms with Crippen LogP contribution in [0.15, 0.2) is 0 Å². The van der Waals surface area contributed by atoms with Gasteiger partial charge >= 0.3 is 0 Å². The topological polar surface area (TPSA) is 123 Å². The van der Waals surface area contributed by atoms with E-state index in [0.29, 0.717) is 0 Å². The van der Waals surface area contributed by atoms with Crippen LogP contribution in [0, 0.1) is 0 Å². The van der Waals surface area contributed by atoms with Gasteiger partial charge in [-0.25, -0.2) is 16.8 Å². The molecule has 17 heavy (non-hydrogen) atoms. The molecular weight excluding hydrogens is 268 g/mol. The minimum atomic E-state index is -3.15. The summed E-state index contributed by atoms with van der Waals surface area (Å²) in [6.45, 7) is -0.0236. The van der Waals surface area contributed by atoms with Crippen molar-refractivity contribution in [1.29, 1.82) is 0 Å². The van der Waals surface area contributed by atoms with Crippen LogP contribution in [0.3, 0.4) is 0 Å². The van der Waals surface area contributed by atoms with Crippen LogP contribution >= 0.6 is 0 Å². The molecule has 0 aliphatic carbocycles. The third kappa shape index (κ3) is 10.2. The van der Waals surface area contributed by atoms with Crippen molar-refractivity contribution < 1.29 is 21.6 Å². The Labute approximate surface area is 102 Å². The molecule has 0 bridgehead atoms. The Morgan fingerprint density at radius 2 is 1.59 bits per heavy atom. The zero-order valence-corrected chi connectivity index (χ0v) is 11.5. The van der Waals surface area contributed by atoms with E-state index in [1.54, 1.807) is 0 Å².